The van der Waals surface area contributed by atoms with Crippen molar-refractivity contribution in [3.05, 3.63) is 53.1 Å². The smallest absolute Gasteiger partial charge is 0.133 e. The number of benzene rings is 1. The number of fused-ring (bicyclic) bond motifs is 2. The van der Waals surface area contributed by atoms with Crippen LogP contribution >= 0.6 is 0 Å². The number of aromatic amines is 2. The number of hydrogen-bond donors (Lipinski definition) is 5. The molecule has 7 nitrogen and oxygen atoms in total. The van der Waals surface area contributed by atoms with Gasteiger partial charge in [0.05, 0.1) is 12.3 Å². The predicted molar refractivity (Wildman–Crippen MR) is 111 cm³/mol. The summed E-state index contributed by atoms with van der Waals surface area (Å²) in [4.78, 5) is 13.7. The molecular formula is C21H26N6O. The van der Waals surface area contributed by atoms with Gasteiger partial charge < -0.3 is 26.1 Å². The van der Waals surface area contributed by atoms with Gasteiger partial charge >= 0.3 is 0 Å². The molecule has 2 atom stereocenters. The SMILES string of the molecule is Cc1nc2c([nH]1)NC(N)C=C2c1cc2cc(CN3CCCC(O)C3)ccc2[nH]1. The fraction of sp³-hybridized carbons (Fsp3) is 0.381. The molecule has 4 heterocycles. The van der Waals surface area contributed by atoms with Crippen LogP contribution in [0, 0.1) is 6.92 Å². The van der Waals surface area contributed by atoms with E-state index in [1.165, 1.54) is 10.9 Å². The molecule has 2 aromatic heterocycles. The number of aryl methyl sites for hydroxylation is 1. The van der Waals surface area contributed by atoms with Gasteiger partial charge in [0.1, 0.15) is 17.3 Å². The highest BCUT2D eigenvalue weighted by atomic mass is 16.3. The minimum atomic E-state index is -0.255. The summed E-state index contributed by atoms with van der Waals surface area (Å²) in [6, 6.07) is 8.69. The summed E-state index contributed by atoms with van der Waals surface area (Å²) in [6.07, 6.45) is 3.53. The van der Waals surface area contributed by atoms with Crippen molar-refractivity contribution in [2.75, 3.05) is 18.4 Å². The van der Waals surface area contributed by atoms with Crippen LogP contribution in [-0.4, -0.2) is 50.3 Å². The maximum absolute atomic E-state index is 9.90. The van der Waals surface area contributed by atoms with Crippen molar-refractivity contribution in [1.82, 2.24) is 19.9 Å². The van der Waals surface area contributed by atoms with Crippen molar-refractivity contribution < 1.29 is 5.11 Å². The Bertz CT molecular complexity index is 1050. The van der Waals surface area contributed by atoms with Crippen LogP contribution in [-0.2, 0) is 6.54 Å². The number of nitrogens with one attached hydrogen (secondary N) is 3. The van der Waals surface area contributed by atoms with Gasteiger partial charge in [0.25, 0.3) is 0 Å². The molecule has 1 saturated heterocycles. The molecule has 0 amide bonds. The molecular weight excluding hydrogens is 352 g/mol. The summed E-state index contributed by atoms with van der Waals surface area (Å²) in [6.45, 7) is 4.62. The zero-order valence-electron chi connectivity index (χ0n) is 16.0. The normalized spacial score (nSPS) is 22.8. The van der Waals surface area contributed by atoms with Gasteiger partial charge in [-0.15, -0.1) is 0 Å². The molecule has 2 aliphatic heterocycles. The van der Waals surface area contributed by atoms with Gasteiger partial charge in [-0.25, -0.2) is 4.98 Å². The Morgan fingerprint density at radius 2 is 2.18 bits per heavy atom. The lowest BCUT2D eigenvalue weighted by molar-refractivity contribution is 0.0668. The third kappa shape index (κ3) is 3.22. The number of nitrogens with two attached hydrogens (primary N) is 1. The third-order valence-electron chi connectivity index (χ3n) is 5.60. The first-order chi connectivity index (χ1) is 13.5. The highest BCUT2D eigenvalue weighted by Gasteiger charge is 2.23. The molecule has 0 saturated carbocycles. The zero-order chi connectivity index (χ0) is 19.3. The molecule has 2 aliphatic rings. The second-order valence-electron chi connectivity index (χ2n) is 7.93. The number of hydrogen-bond acceptors (Lipinski definition) is 5. The summed E-state index contributed by atoms with van der Waals surface area (Å²) in [5.41, 5.74) is 11.4. The van der Waals surface area contributed by atoms with Crippen LogP contribution < -0.4 is 11.1 Å². The van der Waals surface area contributed by atoms with Gasteiger partial charge in [0, 0.05) is 35.3 Å². The Balaban J connectivity index is 1.45. The number of anilines is 1. The molecule has 0 aliphatic carbocycles. The van der Waals surface area contributed by atoms with E-state index < -0.39 is 0 Å². The van der Waals surface area contributed by atoms with Crippen LogP contribution in [0.1, 0.15) is 35.6 Å². The minimum Gasteiger partial charge on any atom is -0.392 e. The molecule has 5 rings (SSSR count). The monoisotopic (exact) mass is 378 g/mol. The molecule has 146 valence electrons. The summed E-state index contributed by atoms with van der Waals surface area (Å²) in [5.74, 6) is 1.73. The van der Waals surface area contributed by atoms with Crippen molar-refractivity contribution >= 4 is 22.3 Å². The summed E-state index contributed by atoms with van der Waals surface area (Å²) >= 11 is 0. The number of rotatable bonds is 3. The maximum Gasteiger partial charge on any atom is 0.133 e. The topological polar surface area (TPSA) is 106 Å². The highest BCUT2D eigenvalue weighted by Crippen LogP contribution is 2.33. The molecule has 6 N–H and O–H groups in total. The lowest BCUT2D eigenvalue weighted by Crippen LogP contribution is -2.37. The summed E-state index contributed by atoms with van der Waals surface area (Å²) < 4.78 is 0. The van der Waals surface area contributed by atoms with E-state index in [-0.39, 0.29) is 12.3 Å². The number of imidazole rings is 1. The van der Waals surface area contributed by atoms with Gasteiger partial charge in [0.15, 0.2) is 0 Å². The van der Waals surface area contributed by atoms with E-state index in [2.05, 4.69) is 49.4 Å². The summed E-state index contributed by atoms with van der Waals surface area (Å²) in [5, 5.41) is 14.3. The minimum absolute atomic E-state index is 0.195. The molecule has 28 heavy (non-hydrogen) atoms. The average Bonchev–Trinajstić information content (AvgIpc) is 3.23. The maximum atomic E-state index is 9.90. The number of β-amino-alcohol motifs (C(OH)–C–C–N with tert-alkyl or cyclic N) is 1. The Labute approximate surface area is 163 Å². The van der Waals surface area contributed by atoms with E-state index in [0.717, 1.165) is 66.6 Å². The van der Waals surface area contributed by atoms with Crippen LogP contribution in [0.2, 0.25) is 0 Å². The van der Waals surface area contributed by atoms with Crippen LogP contribution in [0.3, 0.4) is 0 Å². The number of aliphatic hydroxyl groups excluding tert-OH is 1. The third-order valence-corrected chi connectivity index (χ3v) is 5.60. The second kappa shape index (κ2) is 6.77. The van der Waals surface area contributed by atoms with Crippen LogP contribution in [0.25, 0.3) is 16.5 Å². The van der Waals surface area contributed by atoms with Crippen LogP contribution in [0.15, 0.2) is 30.3 Å². The van der Waals surface area contributed by atoms with Crippen LogP contribution in [0.4, 0.5) is 5.82 Å². The fourth-order valence-corrected chi connectivity index (χ4v) is 4.33. The molecule has 0 radical (unpaired) electrons. The highest BCUT2D eigenvalue weighted by molar-refractivity contribution is 5.91. The van der Waals surface area contributed by atoms with Crippen molar-refractivity contribution in [3.63, 3.8) is 0 Å². The molecule has 3 aromatic rings. The number of aromatic nitrogens is 3. The van der Waals surface area contributed by atoms with Crippen molar-refractivity contribution in [2.24, 2.45) is 5.73 Å². The zero-order valence-corrected chi connectivity index (χ0v) is 16.0. The number of aliphatic hydroxyl groups is 1. The first-order valence-electron chi connectivity index (χ1n) is 9.88. The Morgan fingerprint density at radius 3 is 3.04 bits per heavy atom. The first-order valence-corrected chi connectivity index (χ1v) is 9.88. The van der Waals surface area contributed by atoms with Crippen molar-refractivity contribution in [3.8, 4) is 0 Å². The Morgan fingerprint density at radius 1 is 1.29 bits per heavy atom. The predicted octanol–water partition coefficient (Wildman–Crippen LogP) is 2.30. The number of likely N-dealkylation sites (tertiary alicyclic amines) is 1. The van der Waals surface area contributed by atoms with Crippen molar-refractivity contribution in [2.45, 2.75) is 38.6 Å². The van der Waals surface area contributed by atoms with E-state index in [1.54, 1.807) is 0 Å². The molecule has 1 aromatic carbocycles. The molecule has 2 unspecified atom stereocenters. The largest absolute Gasteiger partial charge is 0.392 e. The molecule has 0 bridgehead atoms. The van der Waals surface area contributed by atoms with E-state index in [4.69, 9.17) is 5.73 Å². The van der Waals surface area contributed by atoms with E-state index in [9.17, 15) is 5.11 Å². The van der Waals surface area contributed by atoms with Gasteiger partial charge in [-0.3, -0.25) is 4.90 Å². The lowest BCUT2D eigenvalue weighted by Gasteiger charge is -2.29. The number of piperidine rings is 1. The number of nitrogens with zero attached hydrogens (tertiary/aromatic N) is 2. The lowest BCUT2D eigenvalue weighted by atomic mass is 10.0. The number of H-pyrrole nitrogens is 2. The quantitative estimate of drug-likeness (QED) is 0.481. The van der Waals surface area contributed by atoms with Gasteiger partial charge in [0.2, 0.25) is 0 Å². The fourth-order valence-electron chi connectivity index (χ4n) is 4.33. The first kappa shape index (κ1) is 17.5. The molecule has 7 heteroatoms. The van der Waals surface area contributed by atoms with Gasteiger partial charge in [-0.1, -0.05) is 6.07 Å². The van der Waals surface area contributed by atoms with Crippen LogP contribution in [0.5, 0.6) is 0 Å². The average molecular weight is 378 g/mol. The van der Waals surface area contributed by atoms with E-state index in [0.29, 0.717) is 0 Å². The van der Waals surface area contributed by atoms with Crippen molar-refractivity contribution in [1.29, 1.82) is 0 Å². The van der Waals surface area contributed by atoms with Gasteiger partial charge in [-0.05, 0) is 56.1 Å². The molecule has 1 fully saturated rings. The van der Waals surface area contributed by atoms with E-state index in [1.807, 2.05) is 13.0 Å². The summed E-state index contributed by atoms with van der Waals surface area (Å²) in [7, 11) is 0. The van der Waals surface area contributed by atoms with E-state index >= 15 is 0 Å². The molecule has 0 spiro atoms. The second-order valence-corrected chi connectivity index (χ2v) is 7.93. The standard InChI is InChI=1S/C21H26N6O/c1-12-23-20-16(9-19(22)26-21(20)24-12)18-8-14-7-13(4-5-17(14)25-18)10-27-6-2-3-15(28)11-27/h4-5,7-9,15,19,25-26,28H,2-3,6,10-11,22H2,1H3,(H,23,24). The Hall–Kier alpha value is -2.61. The van der Waals surface area contributed by atoms with Gasteiger partial charge in [-0.2, -0.15) is 0 Å². The Kier molecular flexibility index (Phi) is 4.23.